The topological polar surface area (TPSA) is 75.4 Å². The lowest BCUT2D eigenvalue weighted by atomic mass is 10.0. The van der Waals surface area contributed by atoms with E-state index in [9.17, 15) is 19.1 Å². The minimum absolute atomic E-state index is 0.135. The van der Waals surface area contributed by atoms with Crippen LogP contribution in [-0.2, 0) is 11.2 Å². The zero-order chi connectivity index (χ0) is 17.9. The van der Waals surface area contributed by atoms with Crippen LogP contribution in [0.3, 0.4) is 0 Å². The average molecular weight is 339 g/mol. The summed E-state index contributed by atoms with van der Waals surface area (Å²) in [6, 6.07) is 0.486. The maximum Gasteiger partial charge on any atom is 0.328 e. The summed E-state index contributed by atoms with van der Waals surface area (Å²) in [5.74, 6) is -0.913. The van der Waals surface area contributed by atoms with Gasteiger partial charge in [-0.3, -0.25) is 9.69 Å². The fourth-order valence-corrected chi connectivity index (χ4v) is 3.07. The van der Waals surface area contributed by atoms with Crippen molar-refractivity contribution >= 4 is 5.97 Å². The molecule has 2 heterocycles. The molecule has 134 valence electrons. The molecule has 0 aromatic carbocycles. The lowest BCUT2D eigenvalue weighted by Crippen LogP contribution is -2.34. The van der Waals surface area contributed by atoms with E-state index in [1.54, 1.807) is 6.92 Å². The summed E-state index contributed by atoms with van der Waals surface area (Å²) in [7, 11) is 0. The quantitative estimate of drug-likeness (QED) is 0.820. The molecule has 0 saturated carbocycles. The fourth-order valence-electron chi connectivity index (χ4n) is 3.07. The number of nitrogens with zero attached hydrogens (tertiary/aromatic N) is 3. The van der Waals surface area contributed by atoms with Gasteiger partial charge >= 0.3 is 5.97 Å². The SMILES string of the molecule is Cc1cc(=O)n(C(CC(C)C)C(=O)O)nc1CCN1CC[C@@H](F)C1. The highest BCUT2D eigenvalue weighted by atomic mass is 19.1. The van der Waals surface area contributed by atoms with Crippen LogP contribution in [0.2, 0.25) is 0 Å². The molecule has 0 aliphatic carbocycles. The third-order valence-corrected chi connectivity index (χ3v) is 4.40. The summed E-state index contributed by atoms with van der Waals surface area (Å²) >= 11 is 0. The summed E-state index contributed by atoms with van der Waals surface area (Å²) in [5.41, 5.74) is 1.06. The van der Waals surface area contributed by atoms with Gasteiger partial charge in [0.15, 0.2) is 6.04 Å². The molecule has 1 unspecified atom stereocenters. The van der Waals surface area contributed by atoms with Gasteiger partial charge < -0.3 is 5.11 Å². The number of hydrogen-bond donors (Lipinski definition) is 1. The third kappa shape index (κ3) is 4.63. The molecule has 1 N–H and O–H groups in total. The number of halogens is 1. The van der Waals surface area contributed by atoms with Gasteiger partial charge in [0.05, 0.1) is 5.69 Å². The second kappa shape index (κ2) is 7.88. The Morgan fingerprint density at radius 1 is 1.50 bits per heavy atom. The largest absolute Gasteiger partial charge is 0.480 e. The number of alkyl halides is 1. The number of rotatable bonds is 7. The third-order valence-electron chi connectivity index (χ3n) is 4.40. The first-order valence-electron chi connectivity index (χ1n) is 8.46. The number of aryl methyl sites for hydroxylation is 1. The smallest absolute Gasteiger partial charge is 0.328 e. The molecule has 1 aromatic rings. The predicted molar refractivity (Wildman–Crippen MR) is 89.0 cm³/mol. The Bertz CT molecular complexity index is 644. The average Bonchev–Trinajstić information content (AvgIpc) is 2.89. The van der Waals surface area contributed by atoms with Gasteiger partial charge in [-0.05, 0) is 31.2 Å². The van der Waals surface area contributed by atoms with Gasteiger partial charge in [-0.2, -0.15) is 5.10 Å². The van der Waals surface area contributed by atoms with Crippen LogP contribution in [0.5, 0.6) is 0 Å². The normalized spacial score (nSPS) is 19.8. The lowest BCUT2D eigenvalue weighted by molar-refractivity contribution is -0.141. The Morgan fingerprint density at radius 3 is 2.75 bits per heavy atom. The summed E-state index contributed by atoms with van der Waals surface area (Å²) in [6.45, 7) is 7.45. The van der Waals surface area contributed by atoms with Crippen LogP contribution < -0.4 is 5.56 Å². The number of hydrogen-bond acceptors (Lipinski definition) is 4. The summed E-state index contributed by atoms with van der Waals surface area (Å²) in [6.07, 6.45) is 0.713. The van der Waals surface area contributed by atoms with Crippen molar-refractivity contribution in [2.24, 2.45) is 5.92 Å². The second-order valence-corrected chi connectivity index (χ2v) is 6.98. The van der Waals surface area contributed by atoms with Crippen molar-refractivity contribution in [3.05, 3.63) is 27.7 Å². The monoisotopic (exact) mass is 339 g/mol. The maximum absolute atomic E-state index is 13.2. The molecule has 2 rings (SSSR count). The molecule has 2 atom stereocenters. The molecular formula is C17H26FN3O3. The van der Waals surface area contributed by atoms with Crippen LogP contribution >= 0.6 is 0 Å². The van der Waals surface area contributed by atoms with E-state index in [0.29, 0.717) is 38.0 Å². The van der Waals surface area contributed by atoms with Gasteiger partial charge in [-0.15, -0.1) is 0 Å². The van der Waals surface area contributed by atoms with E-state index in [-0.39, 0.29) is 5.92 Å². The Kier molecular flexibility index (Phi) is 6.10. The number of carboxylic acid groups (broad SMARTS) is 1. The number of carbonyl (C=O) groups is 1. The van der Waals surface area contributed by atoms with Crippen LogP contribution in [0, 0.1) is 12.8 Å². The van der Waals surface area contributed by atoms with Crippen molar-refractivity contribution in [2.45, 2.75) is 52.2 Å². The van der Waals surface area contributed by atoms with E-state index in [1.165, 1.54) is 6.07 Å². The molecule has 1 aliphatic heterocycles. The highest BCUT2D eigenvalue weighted by Gasteiger charge is 2.25. The molecule has 7 heteroatoms. The molecule has 0 bridgehead atoms. The van der Waals surface area contributed by atoms with Crippen LogP contribution in [0.15, 0.2) is 10.9 Å². The van der Waals surface area contributed by atoms with E-state index in [0.717, 1.165) is 16.8 Å². The van der Waals surface area contributed by atoms with Gasteiger partial charge in [0.1, 0.15) is 6.17 Å². The molecule has 0 amide bonds. The lowest BCUT2D eigenvalue weighted by Gasteiger charge is -2.19. The number of carboxylic acids is 1. The van der Waals surface area contributed by atoms with Crippen molar-refractivity contribution in [3.63, 3.8) is 0 Å². The summed E-state index contributed by atoms with van der Waals surface area (Å²) in [4.78, 5) is 25.8. The van der Waals surface area contributed by atoms with E-state index in [1.807, 2.05) is 18.7 Å². The van der Waals surface area contributed by atoms with Crippen molar-refractivity contribution < 1.29 is 14.3 Å². The minimum atomic E-state index is -1.05. The Hall–Kier alpha value is -1.76. The molecule has 1 saturated heterocycles. The Balaban J connectivity index is 2.20. The Labute approximate surface area is 141 Å². The van der Waals surface area contributed by atoms with Crippen LogP contribution in [0.25, 0.3) is 0 Å². The van der Waals surface area contributed by atoms with Crippen LogP contribution in [-0.4, -0.2) is 51.6 Å². The van der Waals surface area contributed by atoms with Crippen LogP contribution in [0.1, 0.15) is 44.0 Å². The molecule has 1 fully saturated rings. The second-order valence-electron chi connectivity index (χ2n) is 6.98. The standard InChI is InChI=1S/C17H26FN3O3/c1-11(2)8-15(17(23)24)21-16(22)9-12(3)14(19-21)5-7-20-6-4-13(18)10-20/h9,11,13,15H,4-8,10H2,1-3H3,(H,23,24)/t13-,15?/m1/s1. The molecule has 0 radical (unpaired) electrons. The molecular weight excluding hydrogens is 313 g/mol. The maximum atomic E-state index is 13.2. The fraction of sp³-hybridized carbons (Fsp3) is 0.706. The van der Waals surface area contributed by atoms with Gasteiger partial charge in [-0.1, -0.05) is 13.8 Å². The highest BCUT2D eigenvalue weighted by molar-refractivity contribution is 5.71. The number of likely N-dealkylation sites (tertiary alicyclic amines) is 1. The van der Waals surface area contributed by atoms with E-state index in [2.05, 4.69) is 5.10 Å². The number of aromatic nitrogens is 2. The first-order valence-corrected chi connectivity index (χ1v) is 8.46. The molecule has 24 heavy (non-hydrogen) atoms. The van der Waals surface area contributed by atoms with Gasteiger partial charge in [0, 0.05) is 32.1 Å². The van der Waals surface area contributed by atoms with Crippen molar-refractivity contribution in [1.29, 1.82) is 0 Å². The molecule has 1 aliphatic rings. The van der Waals surface area contributed by atoms with Gasteiger partial charge in [0.2, 0.25) is 0 Å². The van der Waals surface area contributed by atoms with E-state index < -0.39 is 23.7 Å². The van der Waals surface area contributed by atoms with Gasteiger partial charge in [-0.25, -0.2) is 13.9 Å². The van der Waals surface area contributed by atoms with Crippen LogP contribution in [0.4, 0.5) is 4.39 Å². The first kappa shape index (κ1) is 18.6. The van der Waals surface area contributed by atoms with Gasteiger partial charge in [0.25, 0.3) is 5.56 Å². The summed E-state index contributed by atoms with van der Waals surface area (Å²) < 4.78 is 14.3. The first-order chi connectivity index (χ1) is 11.3. The molecule has 6 nitrogen and oxygen atoms in total. The van der Waals surface area contributed by atoms with Crippen molar-refractivity contribution in [3.8, 4) is 0 Å². The number of aliphatic carboxylic acids is 1. The van der Waals surface area contributed by atoms with Crippen molar-refractivity contribution in [1.82, 2.24) is 14.7 Å². The Morgan fingerprint density at radius 2 is 2.21 bits per heavy atom. The summed E-state index contributed by atoms with van der Waals surface area (Å²) in [5, 5.41) is 13.8. The van der Waals surface area contributed by atoms with Crippen molar-refractivity contribution in [2.75, 3.05) is 19.6 Å². The van der Waals surface area contributed by atoms with E-state index in [4.69, 9.17) is 0 Å². The molecule has 0 spiro atoms. The predicted octanol–water partition coefficient (Wildman–Crippen LogP) is 1.81. The molecule has 1 aromatic heterocycles. The zero-order valence-electron chi connectivity index (χ0n) is 14.5. The highest BCUT2D eigenvalue weighted by Crippen LogP contribution is 2.17. The van der Waals surface area contributed by atoms with E-state index >= 15 is 0 Å². The minimum Gasteiger partial charge on any atom is -0.480 e. The zero-order valence-corrected chi connectivity index (χ0v) is 14.5.